The van der Waals surface area contributed by atoms with Crippen LogP contribution in [0, 0.1) is 5.82 Å². The smallest absolute Gasteiger partial charge is 0.246 e. The number of likely N-dealkylation sites (N-methyl/N-ethyl adjacent to an activating group) is 2. The minimum absolute atomic E-state index is 0.240. The van der Waals surface area contributed by atoms with E-state index in [-0.39, 0.29) is 17.6 Å². The van der Waals surface area contributed by atoms with E-state index in [2.05, 4.69) is 31.1 Å². The molecule has 1 aromatic carbocycles. The Morgan fingerprint density at radius 1 is 1.18 bits per heavy atom. The van der Waals surface area contributed by atoms with Gasteiger partial charge in [0.1, 0.15) is 29.1 Å². The molecule has 0 fully saturated rings. The fourth-order valence-electron chi connectivity index (χ4n) is 3.57. The first-order chi connectivity index (χ1) is 19.2. The maximum atomic E-state index is 13.6. The molecule has 12 heteroatoms. The molecule has 0 aliphatic rings. The molecule has 0 bridgehead atoms. The fourth-order valence-corrected chi connectivity index (χ4v) is 3.57. The lowest BCUT2D eigenvalue weighted by Gasteiger charge is -2.22. The first kappa shape index (κ1) is 30.2. The molecule has 1 unspecified atom stereocenters. The average Bonchev–Trinajstić information content (AvgIpc) is 3.39. The topological polar surface area (TPSA) is 129 Å². The normalized spacial score (nSPS) is 12.0. The minimum Gasteiger partial charge on any atom is -0.369 e. The van der Waals surface area contributed by atoms with Gasteiger partial charge in [0.25, 0.3) is 0 Å². The highest BCUT2D eigenvalue weighted by molar-refractivity contribution is 5.92. The Hall–Kier alpha value is -4.32. The van der Waals surface area contributed by atoms with Crippen molar-refractivity contribution in [1.29, 1.82) is 0 Å². The highest BCUT2D eigenvalue weighted by atomic mass is 19.1. The third kappa shape index (κ3) is 8.87. The maximum absolute atomic E-state index is 13.6. The molecule has 0 spiro atoms. The molecule has 0 radical (unpaired) electrons. The molecular weight excluding hydrogens is 515 g/mol. The van der Waals surface area contributed by atoms with E-state index in [9.17, 15) is 14.0 Å². The van der Waals surface area contributed by atoms with E-state index in [1.807, 2.05) is 25.9 Å². The first-order valence-corrected chi connectivity index (χ1v) is 13.1. The van der Waals surface area contributed by atoms with Gasteiger partial charge in [0, 0.05) is 57.1 Å². The standard InChI is InChI=1S/C28H37FN8O3/c1-6-13-30-26-23(18-32-28(34-26)33-21-10-7-9-20(29)16-21)24-17-22(40-35-24)12-14-31-27(39)19(2)37(5)25(38)11-8-15-36(3)4/h7-11,16-19H,6,12-15H2,1-5H3,(H,31,39)(H2,30,32,33,34). The number of nitrogens with one attached hydrogen (secondary N) is 3. The van der Waals surface area contributed by atoms with Crippen molar-refractivity contribution >= 4 is 29.3 Å². The van der Waals surface area contributed by atoms with Gasteiger partial charge in [-0.15, -0.1) is 0 Å². The summed E-state index contributed by atoms with van der Waals surface area (Å²) in [5.74, 6) is 0.575. The first-order valence-electron chi connectivity index (χ1n) is 13.1. The Kier molecular flexibility index (Phi) is 11.1. The molecule has 3 aromatic rings. The van der Waals surface area contributed by atoms with E-state index >= 15 is 0 Å². The molecule has 1 atom stereocenters. The molecule has 0 saturated carbocycles. The van der Waals surface area contributed by atoms with Crippen LogP contribution in [0.5, 0.6) is 0 Å². The van der Waals surface area contributed by atoms with Crippen LogP contribution in [0.3, 0.4) is 0 Å². The van der Waals surface area contributed by atoms with Gasteiger partial charge in [0.15, 0.2) is 0 Å². The molecule has 3 N–H and O–H groups in total. The van der Waals surface area contributed by atoms with Crippen LogP contribution in [-0.4, -0.2) is 83.6 Å². The molecule has 3 rings (SSSR count). The molecule has 40 heavy (non-hydrogen) atoms. The highest BCUT2D eigenvalue weighted by Gasteiger charge is 2.21. The van der Waals surface area contributed by atoms with Gasteiger partial charge in [-0.3, -0.25) is 9.59 Å². The number of hydrogen-bond donors (Lipinski definition) is 3. The number of rotatable bonds is 14. The second kappa shape index (κ2) is 14.7. The highest BCUT2D eigenvalue weighted by Crippen LogP contribution is 2.27. The number of carbonyl (C=O) groups excluding carboxylic acids is 2. The summed E-state index contributed by atoms with van der Waals surface area (Å²) < 4.78 is 19.0. The van der Waals surface area contributed by atoms with Crippen LogP contribution < -0.4 is 16.0 Å². The summed E-state index contributed by atoms with van der Waals surface area (Å²) in [6.07, 6.45) is 6.14. The lowest BCUT2D eigenvalue weighted by Crippen LogP contribution is -2.45. The third-order valence-electron chi connectivity index (χ3n) is 5.96. The molecule has 214 valence electrons. The zero-order valence-corrected chi connectivity index (χ0v) is 23.6. The Balaban J connectivity index is 1.60. The van der Waals surface area contributed by atoms with E-state index in [1.54, 1.807) is 44.4 Å². The molecule has 11 nitrogen and oxygen atoms in total. The summed E-state index contributed by atoms with van der Waals surface area (Å²) in [5, 5.41) is 13.3. The van der Waals surface area contributed by atoms with Crippen LogP contribution in [0.15, 0.2) is 53.2 Å². The third-order valence-corrected chi connectivity index (χ3v) is 5.96. The van der Waals surface area contributed by atoms with Crippen molar-refractivity contribution in [2.45, 2.75) is 32.7 Å². The second-order valence-electron chi connectivity index (χ2n) is 9.53. The van der Waals surface area contributed by atoms with E-state index in [1.165, 1.54) is 23.1 Å². The predicted molar refractivity (Wildman–Crippen MR) is 153 cm³/mol. The SMILES string of the molecule is CCCNc1nc(Nc2cccc(F)c2)ncc1-c1cc(CCNC(=O)C(C)N(C)C(=O)C=CCN(C)C)on1. The molecule has 0 aliphatic heterocycles. The molecule has 2 heterocycles. The van der Waals surface area contributed by atoms with Crippen molar-refractivity contribution in [3.63, 3.8) is 0 Å². The van der Waals surface area contributed by atoms with Crippen LogP contribution >= 0.6 is 0 Å². The lowest BCUT2D eigenvalue weighted by molar-refractivity contribution is -0.135. The number of hydrogen-bond acceptors (Lipinski definition) is 9. The van der Waals surface area contributed by atoms with Gasteiger partial charge in [-0.25, -0.2) is 9.37 Å². The molecule has 2 aromatic heterocycles. The number of benzene rings is 1. The van der Waals surface area contributed by atoms with Crippen molar-refractivity contribution in [3.8, 4) is 11.3 Å². The predicted octanol–water partition coefficient (Wildman–Crippen LogP) is 3.46. The van der Waals surface area contributed by atoms with Gasteiger partial charge in [0.2, 0.25) is 17.8 Å². The zero-order valence-electron chi connectivity index (χ0n) is 23.6. The molecule has 2 amide bonds. The van der Waals surface area contributed by atoms with Crippen LogP contribution in [0.25, 0.3) is 11.3 Å². The number of amides is 2. The Morgan fingerprint density at radius 2 is 1.98 bits per heavy atom. The van der Waals surface area contributed by atoms with E-state index in [0.717, 1.165) is 6.42 Å². The maximum Gasteiger partial charge on any atom is 0.246 e. The number of anilines is 3. The number of carbonyl (C=O) groups is 2. The number of halogens is 1. The monoisotopic (exact) mass is 552 g/mol. The van der Waals surface area contributed by atoms with Crippen LogP contribution in [0.2, 0.25) is 0 Å². The molecular formula is C28H37FN8O3. The minimum atomic E-state index is -0.634. The van der Waals surface area contributed by atoms with E-state index < -0.39 is 6.04 Å². The Labute approximate surface area is 233 Å². The van der Waals surface area contributed by atoms with Crippen molar-refractivity contribution in [2.24, 2.45) is 0 Å². The molecule has 0 aliphatic carbocycles. The van der Waals surface area contributed by atoms with Crippen LogP contribution in [-0.2, 0) is 16.0 Å². The summed E-state index contributed by atoms with van der Waals surface area (Å²) in [7, 11) is 5.42. The van der Waals surface area contributed by atoms with E-state index in [4.69, 9.17) is 4.52 Å². The quantitative estimate of drug-likeness (QED) is 0.258. The van der Waals surface area contributed by atoms with Gasteiger partial charge in [-0.05, 0) is 45.6 Å². The summed E-state index contributed by atoms with van der Waals surface area (Å²) in [5.41, 5.74) is 1.72. The molecule has 0 saturated heterocycles. The summed E-state index contributed by atoms with van der Waals surface area (Å²) in [6, 6.07) is 7.19. The van der Waals surface area contributed by atoms with Gasteiger partial charge in [0.05, 0.1) is 5.56 Å². The summed E-state index contributed by atoms with van der Waals surface area (Å²) in [4.78, 5) is 37.1. The zero-order chi connectivity index (χ0) is 29.1. The lowest BCUT2D eigenvalue weighted by atomic mass is 10.2. The summed E-state index contributed by atoms with van der Waals surface area (Å²) >= 11 is 0. The second-order valence-corrected chi connectivity index (χ2v) is 9.53. The van der Waals surface area contributed by atoms with Gasteiger partial charge in [-0.1, -0.05) is 24.2 Å². The van der Waals surface area contributed by atoms with E-state index in [0.29, 0.717) is 60.5 Å². The van der Waals surface area contributed by atoms with Gasteiger partial charge >= 0.3 is 0 Å². The summed E-state index contributed by atoms with van der Waals surface area (Å²) in [6.45, 7) is 5.35. The Morgan fingerprint density at radius 3 is 2.70 bits per heavy atom. The average molecular weight is 553 g/mol. The van der Waals surface area contributed by atoms with Crippen LogP contribution in [0.1, 0.15) is 26.0 Å². The number of aromatic nitrogens is 3. The largest absolute Gasteiger partial charge is 0.369 e. The van der Waals surface area contributed by atoms with Crippen molar-refractivity contribution in [2.75, 3.05) is 51.4 Å². The van der Waals surface area contributed by atoms with Gasteiger partial charge in [-0.2, -0.15) is 4.98 Å². The Bertz CT molecular complexity index is 1310. The van der Waals surface area contributed by atoms with Crippen molar-refractivity contribution in [3.05, 3.63) is 60.3 Å². The van der Waals surface area contributed by atoms with Crippen molar-refractivity contribution in [1.82, 2.24) is 30.2 Å². The van der Waals surface area contributed by atoms with Crippen LogP contribution in [0.4, 0.5) is 21.8 Å². The van der Waals surface area contributed by atoms with Crippen molar-refractivity contribution < 1.29 is 18.5 Å². The fraction of sp³-hybridized carbons (Fsp3) is 0.393. The number of nitrogens with zero attached hydrogens (tertiary/aromatic N) is 5. The van der Waals surface area contributed by atoms with Gasteiger partial charge < -0.3 is 30.3 Å².